The van der Waals surface area contributed by atoms with Crippen molar-refractivity contribution in [3.63, 3.8) is 0 Å². The Hall–Kier alpha value is -1.87. The second-order valence-corrected chi connectivity index (χ2v) is 6.96. The maximum Gasteiger partial charge on any atom is 0.146 e. The molecule has 0 amide bonds. The zero-order valence-electron chi connectivity index (χ0n) is 12.1. The summed E-state index contributed by atoms with van der Waals surface area (Å²) in [5, 5.41) is 13.8. The first kappa shape index (κ1) is 13.8. The minimum atomic E-state index is 0.439. The molecule has 4 rings (SSSR count). The Kier molecular flexibility index (Phi) is 3.38. The maximum atomic E-state index is 9.34. The van der Waals surface area contributed by atoms with E-state index in [-0.39, 0.29) is 0 Å². The SMILES string of the molecule is N#Cc1cccnc1N1C2CCC1CC(n1cc(Br)cn1)C2. The number of fused-ring (bicyclic) bond motifs is 2. The minimum absolute atomic E-state index is 0.439. The largest absolute Gasteiger partial charge is 0.349 e. The van der Waals surface area contributed by atoms with Gasteiger partial charge in [-0.2, -0.15) is 10.4 Å². The summed E-state index contributed by atoms with van der Waals surface area (Å²) in [6.45, 7) is 0. The molecule has 22 heavy (non-hydrogen) atoms. The lowest BCUT2D eigenvalue weighted by Gasteiger charge is -2.40. The van der Waals surface area contributed by atoms with Crippen molar-refractivity contribution in [3.8, 4) is 6.07 Å². The molecule has 2 atom stereocenters. The van der Waals surface area contributed by atoms with Crippen LogP contribution in [0, 0.1) is 11.3 Å². The van der Waals surface area contributed by atoms with E-state index in [0.717, 1.165) is 23.1 Å². The van der Waals surface area contributed by atoms with Gasteiger partial charge in [-0.3, -0.25) is 4.68 Å². The van der Waals surface area contributed by atoms with Gasteiger partial charge in [0.25, 0.3) is 0 Å². The molecule has 2 aliphatic heterocycles. The molecule has 0 saturated carbocycles. The van der Waals surface area contributed by atoms with Crippen LogP contribution in [0.5, 0.6) is 0 Å². The van der Waals surface area contributed by atoms with Gasteiger partial charge in [-0.1, -0.05) is 0 Å². The number of piperidine rings is 1. The first-order chi connectivity index (χ1) is 10.8. The molecular formula is C16H16BrN5. The summed E-state index contributed by atoms with van der Waals surface area (Å²) < 4.78 is 3.11. The number of hydrogen-bond acceptors (Lipinski definition) is 4. The second kappa shape index (κ2) is 5.40. The average molecular weight is 358 g/mol. The van der Waals surface area contributed by atoms with Gasteiger partial charge in [-0.15, -0.1) is 0 Å². The van der Waals surface area contributed by atoms with Gasteiger partial charge < -0.3 is 4.90 Å². The minimum Gasteiger partial charge on any atom is -0.349 e. The Labute approximate surface area is 137 Å². The summed E-state index contributed by atoms with van der Waals surface area (Å²) in [6, 6.07) is 7.32. The van der Waals surface area contributed by atoms with Crippen molar-refractivity contribution in [1.82, 2.24) is 14.8 Å². The van der Waals surface area contributed by atoms with Gasteiger partial charge in [0.05, 0.1) is 22.3 Å². The van der Waals surface area contributed by atoms with E-state index in [2.05, 4.69) is 47.9 Å². The highest BCUT2D eigenvalue weighted by Crippen LogP contribution is 2.43. The normalized spacial score (nSPS) is 26.9. The lowest BCUT2D eigenvalue weighted by atomic mass is 9.97. The molecular weight excluding hydrogens is 342 g/mol. The second-order valence-electron chi connectivity index (χ2n) is 6.04. The molecule has 2 fully saturated rings. The van der Waals surface area contributed by atoms with E-state index in [1.165, 1.54) is 12.8 Å². The zero-order chi connectivity index (χ0) is 15.1. The summed E-state index contributed by atoms with van der Waals surface area (Å²) in [6.07, 6.45) is 10.2. The summed E-state index contributed by atoms with van der Waals surface area (Å²) in [5.41, 5.74) is 0.680. The van der Waals surface area contributed by atoms with Crippen LogP contribution in [0.3, 0.4) is 0 Å². The molecule has 0 N–H and O–H groups in total. The molecule has 6 heteroatoms. The van der Waals surface area contributed by atoms with E-state index >= 15 is 0 Å². The number of aromatic nitrogens is 3. The predicted octanol–water partition coefficient (Wildman–Crippen LogP) is 3.28. The van der Waals surface area contributed by atoms with Crippen LogP contribution in [0.1, 0.15) is 37.3 Å². The van der Waals surface area contributed by atoms with Crippen molar-refractivity contribution in [1.29, 1.82) is 5.26 Å². The number of rotatable bonds is 2. The topological polar surface area (TPSA) is 57.7 Å². The molecule has 4 heterocycles. The van der Waals surface area contributed by atoms with E-state index < -0.39 is 0 Å². The highest BCUT2D eigenvalue weighted by Gasteiger charge is 2.42. The Morgan fingerprint density at radius 1 is 1.23 bits per heavy atom. The molecule has 2 aromatic heterocycles. The summed E-state index contributed by atoms with van der Waals surface area (Å²) in [5.74, 6) is 0.859. The Balaban J connectivity index is 1.63. The third-order valence-corrected chi connectivity index (χ3v) is 5.21. The fourth-order valence-electron chi connectivity index (χ4n) is 3.91. The first-order valence-corrected chi connectivity index (χ1v) is 8.38. The molecule has 2 aliphatic rings. The zero-order valence-corrected chi connectivity index (χ0v) is 13.6. The number of nitrogens with zero attached hydrogens (tertiary/aromatic N) is 5. The van der Waals surface area contributed by atoms with Gasteiger partial charge in [0, 0.05) is 24.5 Å². The Morgan fingerprint density at radius 2 is 2.00 bits per heavy atom. The Bertz CT molecular complexity index is 720. The van der Waals surface area contributed by atoms with Crippen LogP contribution < -0.4 is 4.90 Å². The lowest BCUT2D eigenvalue weighted by Crippen LogP contribution is -2.44. The summed E-state index contributed by atoms with van der Waals surface area (Å²) in [7, 11) is 0. The van der Waals surface area contributed by atoms with E-state index in [4.69, 9.17) is 0 Å². The highest BCUT2D eigenvalue weighted by molar-refractivity contribution is 9.10. The third kappa shape index (κ3) is 2.20. The van der Waals surface area contributed by atoms with Crippen LogP contribution in [0.25, 0.3) is 0 Å². The van der Waals surface area contributed by atoms with Gasteiger partial charge in [0.2, 0.25) is 0 Å². The Morgan fingerprint density at radius 3 is 2.64 bits per heavy atom. The van der Waals surface area contributed by atoms with Gasteiger partial charge in [0.15, 0.2) is 0 Å². The average Bonchev–Trinajstić information content (AvgIpc) is 3.08. The van der Waals surface area contributed by atoms with Crippen LogP contribution in [0.15, 0.2) is 35.2 Å². The van der Waals surface area contributed by atoms with E-state index in [1.54, 1.807) is 6.20 Å². The predicted molar refractivity (Wildman–Crippen MR) is 86.4 cm³/mol. The molecule has 0 aliphatic carbocycles. The van der Waals surface area contributed by atoms with Gasteiger partial charge in [-0.05, 0) is 53.7 Å². The number of hydrogen-bond donors (Lipinski definition) is 0. The van der Waals surface area contributed by atoms with Crippen molar-refractivity contribution in [2.24, 2.45) is 0 Å². The van der Waals surface area contributed by atoms with Crippen LogP contribution >= 0.6 is 15.9 Å². The lowest BCUT2D eigenvalue weighted by molar-refractivity contribution is 0.313. The third-order valence-electron chi connectivity index (χ3n) is 4.80. The van der Waals surface area contributed by atoms with Gasteiger partial charge in [-0.25, -0.2) is 4.98 Å². The van der Waals surface area contributed by atoms with Crippen molar-refractivity contribution >= 4 is 21.7 Å². The fraction of sp³-hybridized carbons (Fsp3) is 0.438. The molecule has 5 nitrogen and oxygen atoms in total. The molecule has 2 bridgehead atoms. The molecule has 2 aromatic rings. The fourth-order valence-corrected chi connectivity index (χ4v) is 4.22. The van der Waals surface area contributed by atoms with Crippen LogP contribution in [-0.4, -0.2) is 26.8 Å². The number of halogens is 1. The van der Waals surface area contributed by atoms with E-state index in [1.807, 2.05) is 18.3 Å². The van der Waals surface area contributed by atoms with Gasteiger partial charge >= 0.3 is 0 Å². The van der Waals surface area contributed by atoms with Gasteiger partial charge in [0.1, 0.15) is 11.9 Å². The number of anilines is 1. The summed E-state index contributed by atoms with van der Waals surface area (Å²) >= 11 is 3.47. The summed E-state index contributed by atoms with van der Waals surface area (Å²) in [4.78, 5) is 6.87. The van der Waals surface area contributed by atoms with Crippen LogP contribution in [0.2, 0.25) is 0 Å². The number of nitriles is 1. The standard InChI is InChI=1S/C16H16BrN5/c17-12-9-20-21(10-12)15-6-13-3-4-14(7-15)22(13)16-11(8-18)2-1-5-19-16/h1-2,5,9-10,13-15H,3-4,6-7H2. The number of pyridine rings is 1. The molecule has 2 saturated heterocycles. The molecule has 0 aromatic carbocycles. The molecule has 0 spiro atoms. The van der Waals surface area contributed by atoms with Crippen LogP contribution in [-0.2, 0) is 0 Å². The van der Waals surface area contributed by atoms with Crippen molar-refractivity contribution in [3.05, 3.63) is 40.8 Å². The van der Waals surface area contributed by atoms with E-state index in [0.29, 0.717) is 23.7 Å². The molecule has 0 radical (unpaired) electrons. The molecule has 2 unspecified atom stereocenters. The van der Waals surface area contributed by atoms with Crippen molar-refractivity contribution in [2.45, 2.75) is 43.8 Å². The van der Waals surface area contributed by atoms with Crippen molar-refractivity contribution in [2.75, 3.05) is 4.90 Å². The first-order valence-electron chi connectivity index (χ1n) is 7.59. The molecule has 112 valence electrons. The van der Waals surface area contributed by atoms with E-state index in [9.17, 15) is 5.26 Å². The van der Waals surface area contributed by atoms with Crippen molar-refractivity contribution < 1.29 is 0 Å². The maximum absolute atomic E-state index is 9.34. The van der Waals surface area contributed by atoms with Crippen LogP contribution in [0.4, 0.5) is 5.82 Å². The highest BCUT2D eigenvalue weighted by atomic mass is 79.9. The monoisotopic (exact) mass is 357 g/mol. The smallest absolute Gasteiger partial charge is 0.146 e. The quantitative estimate of drug-likeness (QED) is 0.827.